The lowest BCUT2D eigenvalue weighted by Crippen LogP contribution is -2.49. The number of ketones is 1. The molecule has 2 heterocycles. The third-order valence-corrected chi connectivity index (χ3v) is 5.76. The second kappa shape index (κ2) is 10.2. The molecule has 0 radical (unpaired) electrons. The normalized spacial score (nSPS) is 15.2. The lowest BCUT2D eigenvalue weighted by atomic mass is 10.1. The predicted octanol–water partition coefficient (Wildman–Crippen LogP) is 1.98. The van der Waals surface area contributed by atoms with Gasteiger partial charge in [0.15, 0.2) is 0 Å². The van der Waals surface area contributed by atoms with Gasteiger partial charge in [0.1, 0.15) is 11.9 Å². The van der Waals surface area contributed by atoms with Crippen molar-refractivity contribution in [3.63, 3.8) is 0 Å². The van der Waals surface area contributed by atoms with Crippen LogP contribution in [0.25, 0.3) is 10.9 Å². The van der Waals surface area contributed by atoms with Crippen LogP contribution in [0.5, 0.6) is 0 Å². The molecule has 8 nitrogen and oxygen atoms in total. The van der Waals surface area contributed by atoms with Gasteiger partial charge in [-0.25, -0.2) is 4.39 Å². The third kappa shape index (κ3) is 5.09. The van der Waals surface area contributed by atoms with Gasteiger partial charge in [-0.15, -0.1) is 0 Å². The molecule has 1 atom stereocenters. The molecule has 0 saturated carbocycles. The van der Waals surface area contributed by atoms with E-state index in [0.29, 0.717) is 41.4 Å². The molecule has 1 aliphatic rings. The maximum absolute atomic E-state index is 13.0. The number of carbonyl (C=O) groups is 4. The third-order valence-electron chi connectivity index (χ3n) is 5.76. The van der Waals surface area contributed by atoms with Crippen molar-refractivity contribution in [3.05, 3.63) is 77.7 Å². The fourth-order valence-electron chi connectivity index (χ4n) is 4.01. The van der Waals surface area contributed by atoms with E-state index >= 15 is 0 Å². The fourth-order valence-corrected chi connectivity index (χ4v) is 4.01. The predicted molar refractivity (Wildman–Crippen MR) is 122 cm³/mol. The van der Waals surface area contributed by atoms with E-state index < -0.39 is 35.4 Å². The second-order valence-corrected chi connectivity index (χ2v) is 7.98. The SMILES string of the molecule is O=C(NCc1ccc(F)cc1)C(=O)C1CCCN1C(=O)CNC(=O)c1ccnc2ccccc12. The van der Waals surface area contributed by atoms with E-state index in [9.17, 15) is 23.6 Å². The number of pyridine rings is 1. The summed E-state index contributed by atoms with van der Waals surface area (Å²) in [5, 5.41) is 5.79. The molecule has 0 spiro atoms. The number of benzene rings is 2. The van der Waals surface area contributed by atoms with E-state index in [1.807, 2.05) is 6.07 Å². The Labute approximate surface area is 195 Å². The molecule has 2 N–H and O–H groups in total. The number of halogens is 1. The topological polar surface area (TPSA) is 108 Å². The Bertz CT molecular complexity index is 1240. The molecular weight excluding hydrogens is 439 g/mol. The van der Waals surface area contributed by atoms with E-state index in [4.69, 9.17) is 0 Å². The first-order chi connectivity index (χ1) is 16.4. The van der Waals surface area contributed by atoms with Crippen molar-refractivity contribution in [3.8, 4) is 0 Å². The van der Waals surface area contributed by atoms with Crippen LogP contribution in [0.3, 0.4) is 0 Å². The maximum Gasteiger partial charge on any atom is 0.289 e. The zero-order chi connectivity index (χ0) is 24.1. The second-order valence-electron chi connectivity index (χ2n) is 7.98. The molecule has 4 rings (SSSR count). The largest absolute Gasteiger partial charge is 0.345 e. The number of amides is 3. The minimum Gasteiger partial charge on any atom is -0.345 e. The van der Waals surface area contributed by atoms with Crippen LogP contribution in [0.1, 0.15) is 28.8 Å². The molecular formula is C25H23FN4O4. The summed E-state index contributed by atoms with van der Waals surface area (Å²) in [4.78, 5) is 56.1. The molecule has 0 bridgehead atoms. The summed E-state index contributed by atoms with van der Waals surface area (Å²) in [6.45, 7) is 0.104. The highest BCUT2D eigenvalue weighted by Crippen LogP contribution is 2.19. The average molecular weight is 462 g/mol. The van der Waals surface area contributed by atoms with Crippen molar-refractivity contribution in [2.75, 3.05) is 13.1 Å². The highest BCUT2D eigenvalue weighted by Gasteiger charge is 2.37. The van der Waals surface area contributed by atoms with Crippen LogP contribution in [0.4, 0.5) is 4.39 Å². The average Bonchev–Trinajstić information content (AvgIpc) is 3.36. The van der Waals surface area contributed by atoms with E-state index in [1.165, 1.54) is 35.4 Å². The molecule has 1 aliphatic heterocycles. The molecule has 1 unspecified atom stereocenters. The number of aromatic nitrogens is 1. The van der Waals surface area contributed by atoms with Gasteiger partial charge in [-0.05, 0) is 42.7 Å². The summed E-state index contributed by atoms with van der Waals surface area (Å²) in [5.41, 5.74) is 1.71. The van der Waals surface area contributed by atoms with Gasteiger partial charge >= 0.3 is 0 Å². The number of Topliss-reactive ketones (excluding diaryl/α,β-unsaturated/α-hetero) is 1. The summed E-state index contributed by atoms with van der Waals surface area (Å²) in [5.74, 6) is -2.77. The Balaban J connectivity index is 1.34. The first kappa shape index (κ1) is 23.0. The molecule has 3 amide bonds. The van der Waals surface area contributed by atoms with Crippen molar-refractivity contribution in [1.82, 2.24) is 20.5 Å². The van der Waals surface area contributed by atoms with Crippen molar-refractivity contribution in [2.24, 2.45) is 0 Å². The smallest absolute Gasteiger partial charge is 0.289 e. The Morgan fingerprint density at radius 3 is 2.56 bits per heavy atom. The summed E-state index contributed by atoms with van der Waals surface area (Å²) in [6, 6.07) is 13.5. The van der Waals surface area contributed by atoms with E-state index in [-0.39, 0.29) is 13.1 Å². The molecule has 1 saturated heterocycles. The van der Waals surface area contributed by atoms with Crippen LogP contribution in [-0.4, -0.2) is 52.5 Å². The molecule has 1 aromatic heterocycles. The van der Waals surface area contributed by atoms with Gasteiger partial charge in [-0.1, -0.05) is 30.3 Å². The van der Waals surface area contributed by atoms with Crippen LogP contribution in [0, 0.1) is 5.82 Å². The number of para-hydroxylation sites is 1. The lowest BCUT2D eigenvalue weighted by Gasteiger charge is -2.23. The van der Waals surface area contributed by atoms with Crippen LogP contribution < -0.4 is 10.6 Å². The monoisotopic (exact) mass is 462 g/mol. The summed E-state index contributed by atoms with van der Waals surface area (Å²) >= 11 is 0. The Hall–Kier alpha value is -4.14. The van der Waals surface area contributed by atoms with Crippen LogP contribution >= 0.6 is 0 Å². The summed E-state index contributed by atoms with van der Waals surface area (Å²) in [6.07, 6.45) is 2.48. The minimum absolute atomic E-state index is 0.0709. The standard InChI is InChI=1S/C25H23FN4O4/c26-17-9-7-16(8-10-17)14-28-25(34)23(32)21-6-3-13-30(21)22(31)15-29-24(33)19-11-12-27-20-5-2-1-4-18(19)20/h1-2,4-5,7-12,21H,3,6,13-15H2,(H,28,34)(H,29,33). The number of likely N-dealkylation sites (tertiary alicyclic amines) is 1. The van der Waals surface area contributed by atoms with Gasteiger partial charge in [-0.2, -0.15) is 0 Å². The molecule has 3 aromatic rings. The molecule has 0 aliphatic carbocycles. The fraction of sp³-hybridized carbons (Fsp3) is 0.240. The molecule has 2 aromatic carbocycles. The lowest BCUT2D eigenvalue weighted by molar-refractivity contribution is -0.144. The number of nitrogens with one attached hydrogen (secondary N) is 2. The Kier molecular flexibility index (Phi) is 6.91. The summed E-state index contributed by atoms with van der Waals surface area (Å²) < 4.78 is 13.0. The number of rotatable bonds is 7. The van der Waals surface area contributed by atoms with Gasteiger partial charge in [-0.3, -0.25) is 24.2 Å². The van der Waals surface area contributed by atoms with E-state index in [0.717, 1.165) is 0 Å². The summed E-state index contributed by atoms with van der Waals surface area (Å²) in [7, 11) is 0. The maximum atomic E-state index is 13.0. The Morgan fingerprint density at radius 2 is 1.76 bits per heavy atom. The molecule has 1 fully saturated rings. The first-order valence-electron chi connectivity index (χ1n) is 10.9. The van der Waals surface area contributed by atoms with Gasteiger partial charge in [0.05, 0.1) is 17.6 Å². The van der Waals surface area contributed by atoms with E-state index in [1.54, 1.807) is 24.3 Å². The van der Waals surface area contributed by atoms with Crippen LogP contribution in [-0.2, 0) is 20.9 Å². The number of fused-ring (bicyclic) bond motifs is 1. The Morgan fingerprint density at radius 1 is 1.00 bits per heavy atom. The van der Waals surface area contributed by atoms with Crippen LogP contribution in [0.2, 0.25) is 0 Å². The molecule has 34 heavy (non-hydrogen) atoms. The first-order valence-corrected chi connectivity index (χ1v) is 10.9. The number of hydrogen-bond donors (Lipinski definition) is 2. The van der Waals surface area contributed by atoms with Crippen molar-refractivity contribution >= 4 is 34.4 Å². The van der Waals surface area contributed by atoms with Crippen molar-refractivity contribution in [2.45, 2.75) is 25.4 Å². The number of carbonyl (C=O) groups excluding carboxylic acids is 4. The van der Waals surface area contributed by atoms with Gasteiger partial charge < -0.3 is 15.5 Å². The van der Waals surface area contributed by atoms with Crippen molar-refractivity contribution < 1.29 is 23.6 Å². The number of hydrogen-bond acceptors (Lipinski definition) is 5. The number of nitrogens with zero attached hydrogens (tertiary/aromatic N) is 2. The molecule has 174 valence electrons. The van der Waals surface area contributed by atoms with Gasteiger partial charge in [0.25, 0.3) is 11.8 Å². The zero-order valence-electron chi connectivity index (χ0n) is 18.3. The molecule has 9 heteroatoms. The van der Waals surface area contributed by atoms with E-state index in [2.05, 4.69) is 15.6 Å². The van der Waals surface area contributed by atoms with Gasteiger partial charge in [0, 0.05) is 24.7 Å². The van der Waals surface area contributed by atoms with Gasteiger partial charge in [0.2, 0.25) is 11.7 Å². The highest BCUT2D eigenvalue weighted by molar-refractivity contribution is 6.38. The van der Waals surface area contributed by atoms with Crippen LogP contribution in [0.15, 0.2) is 60.8 Å². The zero-order valence-corrected chi connectivity index (χ0v) is 18.3. The quantitative estimate of drug-likeness (QED) is 0.522. The van der Waals surface area contributed by atoms with Crippen molar-refractivity contribution in [1.29, 1.82) is 0 Å². The minimum atomic E-state index is -0.876. The highest BCUT2D eigenvalue weighted by atomic mass is 19.1.